The molecule has 0 saturated heterocycles. The Morgan fingerprint density at radius 1 is 1.10 bits per heavy atom. The van der Waals surface area contributed by atoms with Gasteiger partial charge in [0.2, 0.25) is 0 Å². The Kier molecular flexibility index (Phi) is 6.71. The molecule has 1 aromatic heterocycles. The van der Waals surface area contributed by atoms with Crippen LogP contribution in [0.2, 0.25) is 0 Å². The van der Waals surface area contributed by atoms with E-state index in [1.165, 1.54) is 0 Å². The zero-order chi connectivity index (χ0) is 20.7. The lowest BCUT2D eigenvalue weighted by atomic mass is 10.2. The molecule has 3 rings (SSSR count). The Hall–Kier alpha value is -3.07. The van der Waals surface area contributed by atoms with Crippen molar-refractivity contribution in [1.29, 1.82) is 5.26 Å². The Balaban J connectivity index is 1.57. The van der Waals surface area contributed by atoms with Crippen LogP contribution < -0.4 is 14.3 Å². The maximum Gasteiger partial charge on any atom is 0.380 e. The van der Waals surface area contributed by atoms with Gasteiger partial charge in [-0.05, 0) is 42.0 Å². The van der Waals surface area contributed by atoms with Crippen LogP contribution in [-0.2, 0) is 16.1 Å². The molecule has 0 saturated carbocycles. The van der Waals surface area contributed by atoms with Crippen molar-refractivity contribution in [1.82, 2.24) is 14.9 Å². The highest BCUT2D eigenvalue weighted by atomic mass is 32.2. The average Bonchev–Trinajstić information content (AvgIpc) is 3.23. The number of nitrogens with zero attached hydrogens (tertiary/aromatic N) is 5. The van der Waals surface area contributed by atoms with Crippen molar-refractivity contribution in [3.8, 4) is 11.8 Å². The fourth-order valence-electron chi connectivity index (χ4n) is 2.52. The number of anilines is 1. The van der Waals surface area contributed by atoms with Gasteiger partial charge in [0, 0.05) is 18.1 Å². The van der Waals surface area contributed by atoms with Gasteiger partial charge in [-0.25, -0.2) is 4.68 Å². The molecule has 0 fully saturated rings. The molecule has 0 aliphatic rings. The van der Waals surface area contributed by atoms with Gasteiger partial charge in [0.1, 0.15) is 18.4 Å². The standard InChI is InChI=1S/C18H18N6O3S2/c19-11-15-1-5-17(6-2-15)24(23-13-21-22-14-23)9-10-28-12-16-3-7-18(8-4-16)27-29(20,25)26/h1-8,13-14H,9-10,12H2,(H2,20,25,26). The first-order valence-electron chi connectivity index (χ1n) is 8.46. The number of thioether (sulfide) groups is 1. The van der Waals surface area contributed by atoms with Crippen LogP contribution in [0.4, 0.5) is 5.69 Å². The Bertz CT molecular complexity index is 1060. The second kappa shape index (κ2) is 9.42. The van der Waals surface area contributed by atoms with E-state index in [0.29, 0.717) is 12.1 Å². The van der Waals surface area contributed by atoms with E-state index in [4.69, 9.17) is 10.4 Å². The molecule has 3 aromatic rings. The molecule has 9 nitrogen and oxygen atoms in total. The summed E-state index contributed by atoms with van der Waals surface area (Å²) in [5.41, 5.74) is 2.56. The van der Waals surface area contributed by atoms with E-state index < -0.39 is 10.3 Å². The molecule has 11 heteroatoms. The topological polar surface area (TPSA) is 127 Å². The third kappa shape index (κ3) is 6.21. The number of nitriles is 1. The molecular weight excluding hydrogens is 412 g/mol. The van der Waals surface area contributed by atoms with Crippen molar-refractivity contribution in [2.75, 3.05) is 17.3 Å². The summed E-state index contributed by atoms with van der Waals surface area (Å²) >= 11 is 1.72. The minimum absolute atomic E-state index is 0.181. The average molecular weight is 431 g/mol. The molecule has 0 amide bonds. The van der Waals surface area contributed by atoms with E-state index in [9.17, 15) is 8.42 Å². The Morgan fingerprint density at radius 3 is 2.34 bits per heavy atom. The van der Waals surface area contributed by atoms with Gasteiger partial charge in [0.25, 0.3) is 0 Å². The quantitative estimate of drug-likeness (QED) is 0.510. The van der Waals surface area contributed by atoms with E-state index in [1.807, 2.05) is 17.1 Å². The van der Waals surface area contributed by atoms with Gasteiger partial charge in [-0.2, -0.15) is 30.6 Å². The number of benzene rings is 2. The predicted molar refractivity (Wildman–Crippen MR) is 110 cm³/mol. The van der Waals surface area contributed by atoms with E-state index in [1.54, 1.807) is 65.5 Å². The fraction of sp³-hybridized carbons (Fsp3) is 0.167. The van der Waals surface area contributed by atoms with Crippen molar-refractivity contribution in [2.45, 2.75) is 5.75 Å². The molecule has 0 aliphatic heterocycles. The van der Waals surface area contributed by atoms with E-state index in [0.717, 1.165) is 22.8 Å². The number of rotatable bonds is 9. The van der Waals surface area contributed by atoms with Crippen LogP contribution in [0.15, 0.2) is 61.2 Å². The van der Waals surface area contributed by atoms with Gasteiger partial charge in [-0.15, -0.1) is 10.2 Å². The van der Waals surface area contributed by atoms with Gasteiger partial charge in [0.15, 0.2) is 0 Å². The van der Waals surface area contributed by atoms with Gasteiger partial charge >= 0.3 is 10.3 Å². The third-order valence-electron chi connectivity index (χ3n) is 3.83. The van der Waals surface area contributed by atoms with E-state index >= 15 is 0 Å². The highest BCUT2D eigenvalue weighted by Gasteiger charge is 2.09. The van der Waals surface area contributed by atoms with Crippen LogP contribution in [0.25, 0.3) is 0 Å². The Morgan fingerprint density at radius 2 is 1.76 bits per heavy atom. The highest BCUT2D eigenvalue weighted by molar-refractivity contribution is 7.98. The second-order valence-electron chi connectivity index (χ2n) is 5.90. The molecule has 0 unspecified atom stereocenters. The Labute approximate surface area is 173 Å². The van der Waals surface area contributed by atoms with Crippen molar-refractivity contribution in [3.05, 3.63) is 72.3 Å². The van der Waals surface area contributed by atoms with Crippen molar-refractivity contribution >= 4 is 27.8 Å². The predicted octanol–water partition coefficient (Wildman–Crippen LogP) is 1.94. The third-order valence-corrected chi connectivity index (χ3v) is 5.27. The number of nitrogens with two attached hydrogens (primary N) is 1. The summed E-state index contributed by atoms with van der Waals surface area (Å²) < 4.78 is 28.3. The molecule has 2 aromatic carbocycles. The van der Waals surface area contributed by atoms with Crippen molar-refractivity contribution in [2.24, 2.45) is 5.14 Å². The fourth-order valence-corrected chi connectivity index (χ4v) is 3.78. The summed E-state index contributed by atoms with van der Waals surface area (Å²) in [6.07, 6.45) is 3.24. The second-order valence-corrected chi connectivity index (χ2v) is 8.15. The zero-order valence-electron chi connectivity index (χ0n) is 15.2. The lowest BCUT2D eigenvalue weighted by Crippen LogP contribution is -2.30. The first-order chi connectivity index (χ1) is 13.9. The van der Waals surface area contributed by atoms with Crippen LogP contribution in [-0.4, -0.2) is 35.6 Å². The maximum atomic E-state index is 10.9. The summed E-state index contributed by atoms with van der Waals surface area (Å²) in [6, 6.07) is 16.1. The molecule has 0 radical (unpaired) electrons. The lowest BCUT2D eigenvalue weighted by Gasteiger charge is -2.24. The van der Waals surface area contributed by atoms with Crippen LogP contribution in [0.3, 0.4) is 0 Å². The summed E-state index contributed by atoms with van der Waals surface area (Å²) in [5.74, 6) is 1.74. The molecule has 1 heterocycles. The molecule has 29 heavy (non-hydrogen) atoms. The monoisotopic (exact) mass is 430 g/mol. The number of hydrogen-bond donors (Lipinski definition) is 1. The highest BCUT2D eigenvalue weighted by Crippen LogP contribution is 2.20. The first kappa shape index (κ1) is 20.7. The van der Waals surface area contributed by atoms with Crippen LogP contribution in [0.5, 0.6) is 5.75 Å². The summed E-state index contributed by atoms with van der Waals surface area (Å²) in [6.45, 7) is 0.696. The minimum Gasteiger partial charge on any atom is -0.371 e. The van der Waals surface area contributed by atoms with Gasteiger partial charge in [-0.1, -0.05) is 12.1 Å². The van der Waals surface area contributed by atoms with Crippen molar-refractivity contribution in [3.63, 3.8) is 0 Å². The smallest absolute Gasteiger partial charge is 0.371 e. The van der Waals surface area contributed by atoms with Gasteiger partial charge < -0.3 is 4.18 Å². The number of aromatic nitrogens is 3. The van der Waals surface area contributed by atoms with Crippen LogP contribution in [0.1, 0.15) is 11.1 Å². The SMILES string of the molecule is N#Cc1ccc(N(CCSCc2ccc(OS(N)(=O)=O)cc2)n2cnnc2)cc1. The molecule has 0 spiro atoms. The maximum absolute atomic E-state index is 10.9. The van der Waals surface area contributed by atoms with E-state index in [-0.39, 0.29) is 5.75 Å². The molecule has 0 atom stereocenters. The van der Waals surface area contributed by atoms with Crippen LogP contribution in [0, 0.1) is 11.3 Å². The largest absolute Gasteiger partial charge is 0.380 e. The van der Waals surface area contributed by atoms with Gasteiger partial charge in [-0.3, -0.25) is 5.01 Å². The normalized spacial score (nSPS) is 11.0. The molecule has 2 N–H and O–H groups in total. The molecule has 0 aliphatic carbocycles. The lowest BCUT2D eigenvalue weighted by molar-refractivity contribution is 0.487. The summed E-state index contributed by atoms with van der Waals surface area (Å²) in [4.78, 5) is 0. The van der Waals surface area contributed by atoms with E-state index in [2.05, 4.69) is 20.4 Å². The van der Waals surface area contributed by atoms with Crippen LogP contribution >= 0.6 is 11.8 Å². The molecule has 0 bridgehead atoms. The van der Waals surface area contributed by atoms with Crippen molar-refractivity contribution < 1.29 is 12.6 Å². The minimum atomic E-state index is -4.01. The summed E-state index contributed by atoms with van der Waals surface area (Å²) in [5, 5.41) is 23.6. The molecule has 150 valence electrons. The zero-order valence-corrected chi connectivity index (χ0v) is 16.9. The molecular formula is C18H18N6O3S2. The number of hydrogen-bond acceptors (Lipinski definition) is 8. The summed E-state index contributed by atoms with van der Waals surface area (Å²) in [7, 11) is -4.01. The van der Waals surface area contributed by atoms with Gasteiger partial charge in [0.05, 0.1) is 17.3 Å². The first-order valence-corrected chi connectivity index (χ1v) is 11.1.